The third kappa shape index (κ3) is 23.2. The summed E-state index contributed by atoms with van der Waals surface area (Å²) in [6.45, 7) is 2.30. The van der Waals surface area contributed by atoms with Gasteiger partial charge in [0.2, 0.25) is 0 Å². The number of unbranched alkanes of at least 4 members (excludes halogenated alkanes) is 25. The number of benzene rings is 1. The number of nitrogens with two attached hydrogens (primary N) is 1. The number of hydrogen-bond acceptors (Lipinski definition) is 1. The Morgan fingerprint density at radius 2 is 0.629 bits per heavy atom. The van der Waals surface area contributed by atoms with Gasteiger partial charge in [0.05, 0.1) is 0 Å². The maximum Gasteiger partial charge on any atom is 0.0314 e. The van der Waals surface area contributed by atoms with Crippen molar-refractivity contribution in [1.82, 2.24) is 0 Å². The summed E-state index contributed by atoms with van der Waals surface area (Å²) in [7, 11) is 0. The second kappa shape index (κ2) is 26.1. The number of aryl methyl sites for hydroxylation is 1. The summed E-state index contributed by atoms with van der Waals surface area (Å²) in [4.78, 5) is 0. The summed E-state index contributed by atoms with van der Waals surface area (Å²) in [6, 6.07) is 8.40. The lowest BCUT2D eigenvalue weighted by molar-refractivity contribution is 0.515. The van der Waals surface area contributed by atoms with Crippen LogP contribution >= 0.6 is 0 Å². The third-order valence-corrected chi connectivity index (χ3v) is 7.80. The van der Waals surface area contributed by atoms with E-state index in [9.17, 15) is 0 Å². The molecule has 0 aliphatic carbocycles. The highest BCUT2D eigenvalue weighted by Gasteiger charge is 1.97. The maximum absolute atomic E-state index is 5.75. The third-order valence-electron chi connectivity index (χ3n) is 7.80. The average molecular weight is 486 g/mol. The monoisotopic (exact) mass is 485 g/mol. The number of hydrogen-bond donors (Lipinski definition) is 1. The molecule has 204 valence electrons. The van der Waals surface area contributed by atoms with Crippen molar-refractivity contribution in [1.29, 1.82) is 0 Å². The Kier molecular flexibility index (Phi) is 23.9. The maximum atomic E-state index is 5.75. The van der Waals surface area contributed by atoms with Gasteiger partial charge in [-0.25, -0.2) is 0 Å². The van der Waals surface area contributed by atoms with Gasteiger partial charge in [-0.15, -0.1) is 0 Å². The topological polar surface area (TPSA) is 26.0 Å². The number of rotatable bonds is 27. The van der Waals surface area contributed by atoms with Gasteiger partial charge in [0.25, 0.3) is 0 Å². The Bertz CT molecular complexity index is 520. The van der Waals surface area contributed by atoms with Gasteiger partial charge in [-0.2, -0.15) is 0 Å². The van der Waals surface area contributed by atoms with Crippen LogP contribution in [0.5, 0.6) is 0 Å². The zero-order valence-corrected chi connectivity index (χ0v) is 24.0. The van der Waals surface area contributed by atoms with Crippen molar-refractivity contribution in [3.05, 3.63) is 29.8 Å². The highest BCUT2D eigenvalue weighted by atomic mass is 14.5. The molecule has 0 spiro atoms. The van der Waals surface area contributed by atoms with Crippen LogP contribution in [-0.2, 0) is 6.42 Å². The minimum atomic E-state index is 0.874. The normalized spacial score (nSPS) is 11.3. The van der Waals surface area contributed by atoms with Crippen LogP contribution in [0.2, 0.25) is 0 Å². The van der Waals surface area contributed by atoms with Crippen LogP contribution < -0.4 is 5.73 Å². The quantitative estimate of drug-likeness (QED) is 0.0972. The van der Waals surface area contributed by atoms with Crippen molar-refractivity contribution in [3.63, 3.8) is 0 Å². The van der Waals surface area contributed by atoms with Crippen molar-refractivity contribution < 1.29 is 0 Å². The zero-order valence-electron chi connectivity index (χ0n) is 24.0. The molecular weight excluding hydrogens is 422 g/mol. The van der Waals surface area contributed by atoms with E-state index in [0.717, 1.165) is 5.69 Å². The molecule has 0 fully saturated rings. The molecule has 0 aromatic heterocycles. The highest BCUT2D eigenvalue weighted by molar-refractivity contribution is 5.39. The fraction of sp³-hybridized carbons (Fsp3) is 0.824. The first-order valence-corrected chi connectivity index (χ1v) is 16.2. The van der Waals surface area contributed by atoms with Crippen molar-refractivity contribution >= 4 is 5.69 Å². The van der Waals surface area contributed by atoms with E-state index < -0.39 is 0 Å². The van der Waals surface area contributed by atoms with E-state index in [0.29, 0.717) is 0 Å². The molecule has 0 heterocycles. The van der Waals surface area contributed by atoms with Crippen molar-refractivity contribution in [2.24, 2.45) is 0 Å². The molecule has 1 aromatic rings. The predicted octanol–water partition coefficient (Wildman–Crippen LogP) is 12.0. The van der Waals surface area contributed by atoms with Gasteiger partial charge in [0.1, 0.15) is 0 Å². The van der Waals surface area contributed by atoms with E-state index in [1.807, 2.05) is 12.1 Å². The lowest BCUT2D eigenvalue weighted by Gasteiger charge is -2.05. The molecule has 1 nitrogen and oxygen atoms in total. The Hall–Kier alpha value is -0.980. The van der Waals surface area contributed by atoms with Crippen LogP contribution in [0.25, 0.3) is 0 Å². The van der Waals surface area contributed by atoms with Crippen LogP contribution in [-0.4, -0.2) is 0 Å². The second-order valence-corrected chi connectivity index (χ2v) is 11.3. The standard InChI is InChI=1S/C34H63N/c1-2-3-4-5-6-7-8-9-10-11-12-13-14-15-16-17-18-19-20-21-22-23-24-25-26-27-28-33-29-31-34(35)32-30-33/h29-32H,2-28,35H2,1H3. The lowest BCUT2D eigenvalue weighted by atomic mass is 10.0. The molecule has 0 aliphatic heterocycles. The molecule has 35 heavy (non-hydrogen) atoms. The van der Waals surface area contributed by atoms with E-state index >= 15 is 0 Å². The van der Waals surface area contributed by atoms with Crippen LogP contribution in [0.4, 0.5) is 5.69 Å². The summed E-state index contributed by atoms with van der Waals surface area (Å²) < 4.78 is 0. The van der Waals surface area contributed by atoms with Gasteiger partial charge in [0.15, 0.2) is 0 Å². The first-order chi connectivity index (χ1) is 17.3. The van der Waals surface area contributed by atoms with Gasteiger partial charge < -0.3 is 5.73 Å². The number of anilines is 1. The smallest absolute Gasteiger partial charge is 0.0314 e. The molecule has 0 saturated carbocycles. The Labute approximate surface area is 221 Å². The fourth-order valence-corrected chi connectivity index (χ4v) is 5.33. The van der Waals surface area contributed by atoms with Gasteiger partial charge >= 0.3 is 0 Å². The largest absolute Gasteiger partial charge is 0.399 e. The molecule has 1 heteroatoms. The first kappa shape index (κ1) is 32.0. The van der Waals surface area contributed by atoms with Crippen LogP contribution in [0, 0.1) is 0 Å². The molecule has 0 aliphatic rings. The van der Waals surface area contributed by atoms with Crippen LogP contribution in [0.3, 0.4) is 0 Å². The number of nitrogen functional groups attached to an aromatic ring is 1. The first-order valence-electron chi connectivity index (χ1n) is 16.2. The predicted molar refractivity (Wildman–Crippen MR) is 160 cm³/mol. The molecule has 0 bridgehead atoms. The molecule has 0 unspecified atom stereocenters. The molecule has 1 aromatic carbocycles. The van der Waals surface area contributed by atoms with Crippen molar-refractivity contribution in [3.8, 4) is 0 Å². The minimum Gasteiger partial charge on any atom is -0.399 e. The van der Waals surface area contributed by atoms with Gasteiger partial charge in [0, 0.05) is 5.69 Å². The molecule has 0 saturated heterocycles. The van der Waals surface area contributed by atoms with E-state index in [1.54, 1.807) is 0 Å². The summed E-state index contributed by atoms with van der Waals surface area (Å²) in [5.74, 6) is 0. The minimum absolute atomic E-state index is 0.874. The van der Waals surface area contributed by atoms with Gasteiger partial charge in [-0.3, -0.25) is 0 Å². The molecular formula is C34H63N. The van der Waals surface area contributed by atoms with Crippen LogP contribution in [0.1, 0.15) is 179 Å². The molecule has 2 N–H and O–H groups in total. The van der Waals surface area contributed by atoms with Crippen molar-refractivity contribution in [2.75, 3.05) is 5.73 Å². The van der Waals surface area contributed by atoms with E-state index in [4.69, 9.17) is 5.73 Å². The lowest BCUT2D eigenvalue weighted by Crippen LogP contribution is -1.88. The molecule has 1 rings (SSSR count). The van der Waals surface area contributed by atoms with E-state index in [2.05, 4.69) is 19.1 Å². The highest BCUT2D eigenvalue weighted by Crippen LogP contribution is 2.16. The second-order valence-electron chi connectivity index (χ2n) is 11.3. The van der Waals surface area contributed by atoms with E-state index in [-0.39, 0.29) is 0 Å². The fourth-order valence-electron chi connectivity index (χ4n) is 5.33. The zero-order chi connectivity index (χ0) is 25.1. The average Bonchev–Trinajstić information content (AvgIpc) is 2.87. The summed E-state index contributed by atoms with van der Waals surface area (Å²) in [5.41, 5.74) is 8.06. The molecule has 0 radical (unpaired) electrons. The summed E-state index contributed by atoms with van der Waals surface area (Å²) in [6.07, 6.45) is 39.1. The van der Waals surface area contributed by atoms with Crippen LogP contribution in [0.15, 0.2) is 24.3 Å². The van der Waals surface area contributed by atoms with Gasteiger partial charge in [-0.1, -0.05) is 180 Å². The Morgan fingerprint density at radius 3 is 0.914 bits per heavy atom. The Morgan fingerprint density at radius 1 is 0.371 bits per heavy atom. The summed E-state index contributed by atoms with van der Waals surface area (Å²) >= 11 is 0. The van der Waals surface area contributed by atoms with E-state index in [1.165, 1.54) is 179 Å². The Balaban J connectivity index is 1.65. The van der Waals surface area contributed by atoms with Crippen molar-refractivity contribution in [2.45, 2.75) is 180 Å². The molecule has 0 atom stereocenters. The summed E-state index contributed by atoms with van der Waals surface area (Å²) in [5, 5.41) is 0. The van der Waals surface area contributed by atoms with Gasteiger partial charge in [-0.05, 0) is 30.5 Å². The molecule has 0 amide bonds. The SMILES string of the molecule is CCCCCCCCCCCCCCCCCCCCCCCCCCCCc1ccc(N)cc1.